The van der Waals surface area contributed by atoms with Crippen molar-refractivity contribution in [2.45, 2.75) is 18.9 Å². The molecule has 1 amide bonds. The molecule has 6 heteroatoms. The zero-order valence-electron chi connectivity index (χ0n) is 10.5. The van der Waals surface area contributed by atoms with Crippen LogP contribution in [0.25, 0.3) is 0 Å². The van der Waals surface area contributed by atoms with Crippen molar-refractivity contribution in [3.8, 4) is 0 Å². The second kappa shape index (κ2) is 6.32. The molecule has 1 fully saturated rings. The first-order chi connectivity index (χ1) is 9.04. The number of piperidine rings is 1. The summed E-state index contributed by atoms with van der Waals surface area (Å²) in [5.74, 6) is -0.640. The van der Waals surface area contributed by atoms with Gasteiger partial charge in [-0.3, -0.25) is 9.69 Å². The first-order valence-electron chi connectivity index (χ1n) is 6.27. The third kappa shape index (κ3) is 4.16. The van der Waals surface area contributed by atoms with Crippen LogP contribution in [0.15, 0.2) is 18.2 Å². The predicted octanol–water partition coefficient (Wildman–Crippen LogP) is 1.84. The lowest BCUT2D eigenvalue weighted by molar-refractivity contribution is -0.117. The molecule has 1 aliphatic heterocycles. The quantitative estimate of drug-likeness (QED) is 0.891. The number of carbonyl (C=O) groups excluding carboxylic acids is 1. The average Bonchev–Trinajstić information content (AvgIpc) is 2.34. The fourth-order valence-electron chi connectivity index (χ4n) is 2.21. The van der Waals surface area contributed by atoms with Crippen LogP contribution in [-0.2, 0) is 4.79 Å². The topological polar surface area (TPSA) is 58.4 Å². The van der Waals surface area contributed by atoms with Gasteiger partial charge in [0.25, 0.3) is 0 Å². The van der Waals surface area contributed by atoms with Gasteiger partial charge in [-0.1, -0.05) is 11.6 Å². The van der Waals surface area contributed by atoms with Gasteiger partial charge in [-0.25, -0.2) is 4.39 Å². The third-order valence-corrected chi connectivity index (χ3v) is 3.40. The molecular formula is C13H17ClFN3O. The van der Waals surface area contributed by atoms with E-state index in [4.69, 9.17) is 17.3 Å². The number of halogens is 2. The van der Waals surface area contributed by atoms with Crippen molar-refractivity contribution < 1.29 is 9.18 Å². The Kier molecular flexibility index (Phi) is 4.74. The largest absolute Gasteiger partial charge is 0.327 e. The Balaban J connectivity index is 1.88. The number of hydrogen-bond acceptors (Lipinski definition) is 3. The van der Waals surface area contributed by atoms with E-state index >= 15 is 0 Å². The second-order valence-corrected chi connectivity index (χ2v) is 5.22. The SMILES string of the molecule is NC1CCCN(CC(=O)Nc2ccc(F)c(Cl)c2)C1. The number of carbonyl (C=O) groups is 1. The van der Waals surface area contributed by atoms with Gasteiger partial charge in [0.1, 0.15) is 5.82 Å². The van der Waals surface area contributed by atoms with Gasteiger partial charge in [0.15, 0.2) is 0 Å². The molecule has 4 nitrogen and oxygen atoms in total. The Morgan fingerprint density at radius 2 is 2.37 bits per heavy atom. The molecule has 1 heterocycles. The highest BCUT2D eigenvalue weighted by Crippen LogP contribution is 2.19. The molecule has 19 heavy (non-hydrogen) atoms. The number of rotatable bonds is 3. The molecule has 0 spiro atoms. The first-order valence-corrected chi connectivity index (χ1v) is 6.65. The van der Waals surface area contributed by atoms with E-state index in [-0.39, 0.29) is 17.0 Å². The maximum Gasteiger partial charge on any atom is 0.238 e. The van der Waals surface area contributed by atoms with Gasteiger partial charge in [-0.05, 0) is 37.6 Å². The van der Waals surface area contributed by atoms with Crippen molar-refractivity contribution in [1.29, 1.82) is 0 Å². The molecule has 104 valence electrons. The van der Waals surface area contributed by atoms with E-state index in [1.54, 1.807) is 0 Å². The number of hydrogen-bond donors (Lipinski definition) is 2. The van der Waals surface area contributed by atoms with Crippen LogP contribution in [0.5, 0.6) is 0 Å². The van der Waals surface area contributed by atoms with Crippen molar-refractivity contribution >= 4 is 23.2 Å². The number of nitrogens with zero attached hydrogens (tertiary/aromatic N) is 1. The molecule has 0 saturated carbocycles. The highest BCUT2D eigenvalue weighted by Gasteiger charge is 2.18. The number of nitrogens with two attached hydrogens (primary N) is 1. The molecule has 1 unspecified atom stereocenters. The summed E-state index contributed by atoms with van der Waals surface area (Å²) in [7, 11) is 0. The predicted molar refractivity (Wildman–Crippen MR) is 73.7 cm³/mol. The van der Waals surface area contributed by atoms with Gasteiger partial charge < -0.3 is 11.1 Å². The minimum Gasteiger partial charge on any atom is -0.327 e. The average molecular weight is 286 g/mol. The van der Waals surface area contributed by atoms with E-state index in [2.05, 4.69) is 5.32 Å². The summed E-state index contributed by atoms with van der Waals surface area (Å²) in [5.41, 5.74) is 6.36. The molecule has 1 atom stereocenters. The van der Waals surface area contributed by atoms with Crippen LogP contribution in [0, 0.1) is 5.82 Å². The number of benzene rings is 1. The van der Waals surface area contributed by atoms with Gasteiger partial charge in [-0.2, -0.15) is 0 Å². The number of amides is 1. The van der Waals surface area contributed by atoms with Gasteiger partial charge >= 0.3 is 0 Å². The summed E-state index contributed by atoms with van der Waals surface area (Å²) in [6.45, 7) is 1.91. The van der Waals surface area contributed by atoms with Crippen LogP contribution >= 0.6 is 11.6 Å². The molecule has 3 N–H and O–H groups in total. The van der Waals surface area contributed by atoms with E-state index in [0.717, 1.165) is 25.9 Å². The van der Waals surface area contributed by atoms with Crippen molar-refractivity contribution in [3.05, 3.63) is 29.0 Å². The molecule has 0 aromatic heterocycles. The number of anilines is 1. The van der Waals surface area contributed by atoms with Gasteiger partial charge in [-0.15, -0.1) is 0 Å². The van der Waals surface area contributed by atoms with Crippen LogP contribution in [0.3, 0.4) is 0 Å². The molecule has 1 saturated heterocycles. The summed E-state index contributed by atoms with van der Waals surface area (Å²) >= 11 is 5.66. The van der Waals surface area contributed by atoms with Gasteiger partial charge in [0.2, 0.25) is 5.91 Å². The van der Waals surface area contributed by atoms with Gasteiger partial charge in [0.05, 0.1) is 11.6 Å². The minimum absolute atomic E-state index is 0.00204. The zero-order chi connectivity index (χ0) is 13.8. The normalized spacial score (nSPS) is 20.3. The molecule has 1 aromatic rings. The van der Waals surface area contributed by atoms with E-state index in [1.165, 1.54) is 18.2 Å². The fourth-order valence-corrected chi connectivity index (χ4v) is 2.39. The number of nitrogens with one attached hydrogen (secondary N) is 1. The van der Waals surface area contributed by atoms with E-state index in [0.29, 0.717) is 12.2 Å². The maximum atomic E-state index is 13.0. The Bertz CT molecular complexity index is 469. The maximum absolute atomic E-state index is 13.0. The smallest absolute Gasteiger partial charge is 0.238 e. The third-order valence-electron chi connectivity index (χ3n) is 3.11. The van der Waals surface area contributed by atoms with E-state index in [9.17, 15) is 9.18 Å². The summed E-state index contributed by atoms with van der Waals surface area (Å²) in [6, 6.07) is 4.26. The van der Waals surface area contributed by atoms with E-state index in [1.807, 2.05) is 4.90 Å². The highest BCUT2D eigenvalue weighted by molar-refractivity contribution is 6.31. The van der Waals surface area contributed by atoms with Crippen molar-refractivity contribution in [2.24, 2.45) is 5.73 Å². The molecular weight excluding hydrogens is 269 g/mol. The summed E-state index contributed by atoms with van der Waals surface area (Å²) in [6.07, 6.45) is 2.02. The molecule has 0 bridgehead atoms. The Labute approximate surface area is 116 Å². The summed E-state index contributed by atoms with van der Waals surface area (Å²) < 4.78 is 13.0. The highest BCUT2D eigenvalue weighted by atomic mass is 35.5. The lowest BCUT2D eigenvalue weighted by Gasteiger charge is -2.29. The first kappa shape index (κ1) is 14.2. The molecule has 2 rings (SSSR count). The van der Waals surface area contributed by atoms with Gasteiger partial charge in [0, 0.05) is 18.3 Å². The standard InChI is InChI=1S/C13H17ClFN3O/c14-11-6-10(3-4-12(11)15)17-13(19)8-18-5-1-2-9(16)7-18/h3-4,6,9H,1-2,5,7-8,16H2,(H,17,19). The van der Waals surface area contributed by atoms with Crippen LogP contribution in [-0.4, -0.2) is 36.5 Å². The molecule has 0 aliphatic carbocycles. The lowest BCUT2D eigenvalue weighted by Crippen LogP contribution is -2.45. The van der Waals surface area contributed by atoms with E-state index < -0.39 is 5.82 Å². The Morgan fingerprint density at radius 3 is 3.05 bits per heavy atom. The van der Waals surface area contributed by atoms with Crippen LogP contribution in [0.2, 0.25) is 5.02 Å². The monoisotopic (exact) mass is 285 g/mol. The summed E-state index contributed by atoms with van der Waals surface area (Å²) in [4.78, 5) is 13.9. The van der Waals surface area contributed by atoms with Crippen LogP contribution < -0.4 is 11.1 Å². The van der Waals surface area contributed by atoms with Crippen molar-refractivity contribution in [3.63, 3.8) is 0 Å². The van der Waals surface area contributed by atoms with Crippen LogP contribution in [0.4, 0.5) is 10.1 Å². The minimum atomic E-state index is -0.498. The Morgan fingerprint density at radius 1 is 1.58 bits per heavy atom. The van der Waals surface area contributed by atoms with Crippen LogP contribution in [0.1, 0.15) is 12.8 Å². The second-order valence-electron chi connectivity index (χ2n) is 4.81. The fraction of sp³-hybridized carbons (Fsp3) is 0.462. The molecule has 0 radical (unpaired) electrons. The molecule has 1 aromatic carbocycles. The lowest BCUT2D eigenvalue weighted by atomic mass is 10.1. The van der Waals surface area contributed by atoms with Crippen molar-refractivity contribution in [1.82, 2.24) is 4.90 Å². The summed E-state index contributed by atoms with van der Waals surface area (Å²) in [5, 5.41) is 2.70. The molecule has 1 aliphatic rings. The number of likely N-dealkylation sites (tertiary alicyclic amines) is 1. The zero-order valence-corrected chi connectivity index (χ0v) is 11.3. The van der Waals surface area contributed by atoms with Crippen molar-refractivity contribution in [2.75, 3.05) is 25.0 Å². The Hall–Kier alpha value is -1.17.